The van der Waals surface area contributed by atoms with Crippen molar-refractivity contribution in [3.8, 4) is 11.5 Å². The Balaban J connectivity index is 1.98. The smallest absolute Gasteiger partial charge is 0.292 e. The molecule has 0 fully saturated rings. The number of anilines is 1. The fourth-order valence-corrected chi connectivity index (χ4v) is 2.80. The highest BCUT2D eigenvalue weighted by Crippen LogP contribution is 2.27. The minimum atomic E-state index is -0.506. The van der Waals surface area contributed by atoms with Gasteiger partial charge in [-0.15, -0.1) is 0 Å². The quantitative estimate of drug-likeness (QED) is 0.504. The van der Waals surface area contributed by atoms with Gasteiger partial charge >= 0.3 is 0 Å². The highest BCUT2D eigenvalue weighted by molar-refractivity contribution is 5.95. The second-order valence-electron chi connectivity index (χ2n) is 6.52. The van der Waals surface area contributed by atoms with E-state index in [4.69, 9.17) is 9.47 Å². The third kappa shape index (κ3) is 5.20. The lowest BCUT2D eigenvalue weighted by Gasteiger charge is -2.21. The van der Waals surface area contributed by atoms with Crippen LogP contribution in [0.5, 0.6) is 11.5 Å². The van der Waals surface area contributed by atoms with Crippen molar-refractivity contribution in [2.45, 2.75) is 19.4 Å². The van der Waals surface area contributed by atoms with Crippen molar-refractivity contribution in [1.82, 2.24) is 0 Å². The molecule has 0 heterocycles. The molecular formula is C20H26N3O5+. The molecule has 2 atom stereocenters. The van der Waals surface area contributed by atoms with Gasteiger partial charge in [0.15, 0.2) is 17.5 Å². The summed E-state index contributed by atoms with van der Waals surface area (Å²) in [5.74, 6) is 1.07. The number of para-hydroxylation sites is 2. The zero-order chi connectivity index (χ0) is 20.7. The van der Waals surface area contributed by atoms with Gasteiger partial charge in [-0.05, 0) is 30.7 Å². The molecule has 0 bridgehead atoms. The second kappa shape index (κ2) is 9.70. The maximum absolute atomic E-state index is 12.5. The molecule has 0 spiro atoms. The van der Waals surface area contributed by atoms with Gasteiger partial charge in [0, 0.05) is 12.5 Å². The number of rotatable bonds is 9. The molecule has 0 aliphatic rings. The average molecular weight is 388 g/mol. The Morgan fingerprint density at radius 1 is 1.18 bits per heavy atom. The largest absolute Gasteiger partial charge is 0.493 e. The summed E-state index contributed by atoms with van der Waals surface area (Å²) < 4.78 is 10.6. The van der Waals surface area contributed by atoms with Crippen molar-refractivity contribution in [2.24, 2.45) is 0 Å². The number of quaternary nitrogens is 1. The fourth-order valence-electron chi connectivity index (χ4n) is 2.80. The lowest BCUT2D eigenvalue weighted by atomic mass is 10.1. The SMILES string of the molecule is COc1ccc(CC[NH+](C)[C@@H](C)C(=O)Nc2ccccc2[N+](=O)[O-])cc1OC. The maximum Gasteiger partial charge on any atom is 0.292 e. The Kier molecular flexibility index (Phi) is 7.34. The predicted molar refractivity (Wildman–Crippen MR) is 106 cm³/mol. The van der Waals surface area contributed by atoms with E-state index in [0.717, 1.165) is 16.9 Å². The molecule has 2 N–H and O–H groups in total. The zero-order valence-corrected chi connectivity index (χ0v) is 16.5. The van der Waals surface area contributed by atoms with Gasteiger partial charge < -0.3 is 19.7 Å². The number of likely N-dealkylation sites (N-methyl/N-ethyl adjacent to an activating group) is 1. The Morgan fingerprint density at radius 3 is 2.50 bits per heavy atom. The van der Waals surface area contributed by atoms with E-state index in [0.29, 0.717) is 18.0 Å². The number of nitrogens with one attached hydrogen (secondary N) is 2. The highest BCUT2D eigenvalue weighted by atomic mass is 16.6. The molecule has 0 aromatic heterocycles. The van der Waals surface area contributed by atoms with E-state index in [9.17, 15) is 14.9 Å². The fraction of sp³-hybridized carbons (Fsp3) is 0.350. The number of methoxy groups -OCH3 is 2. The summed E-state index contributed by atoms with van der Waals surface area (Å²) in [5, 5.41) is 13.8. The van der Waals surface area contributed by atoms with Crippen LogP contribution >= 0.6 is 0 Å². The first-order chi connectivity index (χ1) is 13.4. The summed E-state index contributed by atoms with van der Waals surface area (Å²) in [5.41, 5.74) is 1.16. The van der Waals surface area contributed by atoms with Gasteiger partial charge in [-0.3, -0.25) is 14.9 Å². The molecule has 2 aromatic carbocycles. The van der Waals surface area contributed by atoms with E-state index >= 15 is 0 Å². The Morgan fingerprint density at radius 2 is 1.86 bits per heavy atom. The maximum atomic E-state index is 12.5. The number of ether oxygens (including phenoxy) is 2. The van der Waals surface area contributed by atoms with E-state index in [1.807, 2.05) is 25.2 Å². The molecule has 2 rings (SSSR count). The Bertz CT molecular complexity index is 840. The Labute approximate surface area is 164 Å². The number of hydrogen-bond acceptors (Lipinski definition) is 5. The van der Waals surface area contributed by atoms with Crippen molar-refractivity contribution >= 4 is 17.3 Å². The number of carbonyl (C=O) groups is 1. The summed E-state index contributed by atoms with van der Waals surface area (Å²) in [7, 11) is 5.10. The van der Waals surface area contributed by atoms with Crippen LogP contribution in [-0.2, 0) is 11.2 Å². The van der Waals surface area contributed by atoms with E-state index in [-0.39, 0.29) is 23.3 Å². The molecule has 150 valence electrons. The van der Waals surface area contributed by atoms with Crippen LogP contribution in [0.1, 0.15) is 12.5 Å². The van der Waals surface area contributed by atoms with Gasteiger partial charge in [0.25, 0.3) is 11.6 Å². The number of carbonyl (C=O) groups excluding carboxylic acids is 1. The van der Waals surface area contributed by atoms with Gasteiger partial charge in [-0.1, -0.05) is 18.2 Å². The van der Waals surface area contributed by atoms with Crippen LogP contribution in [0.2, 0.25) is 0 Å². The molecule has 0 aliphatic carbocycles. The van der Waals surface area contributed by atoms with Crippen LogP contribution in [0.4, 0.5) is 11.4 Å². The van der Waals surface area contributed by atoms with E-state index in [1.54, 1.807) is 33.3 Å². The first kappa shape index (κ1) is 21.2. The van der Waals surface area contributed by atoms with Crippen LogP contribution in [-0.4, -0.2) is 44.7 Å². The second-order valence-corrected chi connectivity index (χ2v) is 6.52. The predicted octanol–water partition coefficient (Wildman–Crippen LogP) is 1.70. The third-order valence-electron chi connectivity index (χ3n) is 4.75. The van der Waals surface area contributed by atoms with E-state index < -0.39 is 4.92 Å². The summed E-state index contributed by atoms with van der Waals surface area (Å²) in [6.07, 6.45) is 0.745. The van der Waals surface area contributed by atoms with Gasteiger partial charge in [0.2, 0.25) is 0 Å². The Hall–Kier alpha value is -3.13. The van der Waals surface area contributed by atoms with Crippen molar-refractivity contribution in [2.75, 3.05) is 33.1 Å². The first-order valence-electron chi connectivity index (χ1n) is 8.94. The van der Waals surface area contributed by atoms with Gasteiger partial charge in [-0.2, -0.15) is 0 Å². The molecule has 8 heteroatoms. The number of nitrogens with zero attached hydrogens (tertiary/aromatic N) is 1. The van der Waals surface area contributed by atoms with Gasteiger partial charge in [0.1, 0.15) is 5.69 Å². The first-order valence-corrected chi connectivity index (χ1v) is 8.94. The summed E-state index contributed by atoms with van der Waals surface area (Å²) in [6.45, 7) is 2.51. The average Bonchev–Trinajstić information content (AvgIpc) is 2.71. The number of amides is 1. The highest BCUT2D eigenvalue weighted by Gasteiger charge is 2.24. The van der Waals surface area contributed by atoms with Gasteiger partial charge in [-0.25, -0.2) is 0 Å². The molecule has 0 saturated carbocycles. The van der Waals surface area contributed by atoms with Crippen molar-refractivity contribution < 1.29 is 24.1 Å². The molecule has 28 heavy (non-hydrogen) atoms. The summed E-state index contributed by atoms with van der Waals surface area (Å²) in [6, 6.07) is 11.5. The molecule has 0 saturated heterocycles. The van der Waals surface area contributed by atoms with Crippen molar-refractivity contribution in [3.05, 3.63) is 58.1 Å². The third-order valence-corrected chi connectivity index (χ3v) is 4.75. The number of nitro benzene ring substituents is 1. The minimum Gasteiger partial charge on any atom is -0.493 e. The van der Waals surface area contributed by atoms with E-state index in [1.165, 1.54) is 12.1 Å². The minimum absolute atomic E-state index is 0.119. The standard InChI is InChI=1S/C20H25N3O5/c1-14(20(24)21-16-7-5-6-8-17(16)23(25)26)22(2)12-11-15-9-10-18(27-3)19(13-15)28-4/h5-10,13-14H,11-12H2,1-4H3,(H,21,24)/p+1/t14-/m0/s1. The van der Waals surface area contributed by atoms with Crippen molar-refractivity contribution in [3.63, 3.8) is 0 Å². The monoisotopic (exact) mass is 388 g/mol. The van der Waals surface area contributed by atoms with Gasteiger partial charge in [0.05, 0.1) is 32.7 Å². The molecule has 8 nitrogen and oxygen atoms in total. The lowest BCUT2D eigenvalue weighted by Crippen LogP contribution is -3.14. The molecule has 1 amide bonds. The normalized spacial score (nSPS) is 12.7. The number of hydrogen-bond donors (Lipinski definition) is 2. The van der Waals surface area contributed by atoms with E-state index in [2.05, 4.69) is 5.32 Å². The summed E-state index contributed by atoms with van der Waals surface area (Å²) in [4.78, 5) is 24.1. The molecule has 0 aliphatic heterocycles. The molecular weight excluding hydrogens is 362 g/mol. The lowest BCUT2D eigenvalue weighted by molar-refractivity contribution is -0.893. The molecule has 0 radical (unpaired) electrons. The van der Waals surface area contributed by atoms with Crippen LogP contribution in [0.25, 0.3) is 0 Å². The van der Waals surface area contributed by atoms with Crippen LogP contribution in [0.3, 0.4) is 0 Å². The van der Waals surface area contributed by atoms with Crippen molar-refractivity contribution in [1.29, 1.82) is 0 Å². The number of benzene rings is 2. The number of nitro groups is 1. The van der Waals surface area contributed by atoms with Crippen LogP contribution in [0.15, 0.2) is 42.5 Å². The zero-order valence-electron chi connectivity index (χ0n) is 16.5. The summed E-state index contributed by atoms with van der Waals surface area (Å²) >= 11 is 0. The van der Waals surface area contributed by atoms with Crippen LogP contribution in [0, 0.1) is 10.1 Å². The molecule has 1 unspecified atom stereocenters. The topological polar surface area (TPSA) is 95.1 Å². The molecule has 2 aromatic rings. The van der Waals surface area contributed by atoms with Crippen LogP contribution < -0.4 is 19.7 Å².